The van der Waals surface area contributed by atoms with E-state index in [0.29, 0.717) is 18.6 Å². The fourth-order valence-corrected chi connectivity index (χ4v) is 2.86. The van der Waals surface area contributed by atoms with Crippen molar-refractivity contribution in [1.29, 1.82) is 0 Å². The minimum Gasteiger partial charge on any atom is -0.466 e. The number of ether oxygens (including phenoxy) is 1. The van der Waals surface area contributed by atoms with Crippen LogP contribution in [0.5, 0.6) is 0 Å². The van der Waals surface area contributed by atoms with Crippen molar-refractivity contribution in [3.05, 3.63) is 29.8 Å². The fourth-order valence-electron chi connectivity index (χ4n) is 1.69. The molecule has 0 amide bonds. The van der Waals surface area contributed by atoms with Crippen molar-refractivity contribution in [1.82, 2.24) is 0 Å². The van der Waals surface area contributed by atoms with E-state index in [1.165, 1.54) is 6.07 Å². The molecule has 0 atom stereocenters. The molecule has 0 saturated heterocycles. The van der Waals surface area contributed by atoms with E-state index in [2.05, 4.69) is 0 Å². The number of hydrogen-bond donors (Lipinski definition) is 0. The standard InChI is InChI=1S/C15H22O5S/c1-3-4-11-19-15(16)10-7-12-20-21(17,18)14-9-6-5-8-13(14)2/h5-6,8-9H,3-4,7,10-12H2,1-2H3. The molecule has 6 heteroatoms. The molecule has 0 aromatic heterocycles. The highest BCUT2D eigenvalue weighted by Gasteiger charge is 2.17. The first-order valence-electron chi connectivity index (χ1n) is 7.08. The van der Waals surface area contributed by atoms with Crippen molar-refractivity contribution in [3.8, 4) is 0 Å². The Hall–Kier alpha value is -1.40. The first-order valence-corrected chi connectivity index (χ1v) is 8.49. The van der Waals surface area contributed by atoms with Crippen LogP contribution in [0.4, 0.5) is 0 Å². The van der Waals surface area contributed by atoms with E-state index in [1.807, 2.05) is 6.92 Å². The van der Waals surface area contributed by atoms with E-state index in [0.717, 1.165) is 12.8 Å². The van der Waals surface area contributed by atoms with Crippen LogP contribution < -0.4 is 0 Å². The summed E-state index contributed by atoms with van der Waals surface area (Å²) in [6, 6.07) is 6.63. The largest absolute Gasteiger partial charge is 0.466 e. The lowest BCUT2D eigenvalue weighted by molar-refractivity contribution is -0.144. The second kappa shape index (κ2) is 8.79. The second-order valence-corrected chi connectivity index (χ2v) is 6.30. The van der Waals surface area contributed by atoms with Crippen LogP contribution in [0.15, 0.2) is 29.2 Å². The number of rotatable bonds is 9. The monoisotopic (exact) mass is 314 g/mol. The van der Waals surface area contributed by atoms with Crippen LogP contribution in [0, 0.1) is 6.92 Å². The third-order valence-electron chi connectivity index (χ3n) is 2.89. The molecule has 1 aromatic rings. The molecule has 0 aliphatic heterocycles. The lowest BCUT2D eigenvalue weighted by Gasteiger charge is -2.08. The van der Waals surface area contributed by atoms with Gasteiger partial charge in [0.15, 0.2) is 0 Å². The third-order valence-corrected chi connectivity index (χ3v) is 4.36. The van der Waals surface area contributed by atoms with Gasteiger partial charge in [-0.15, -0.1) is 0 Å². The molecule has 5 nitrogen and oxygen atoms in total. The molecule has 0 aliphatic carbocycles. The van der Waals surface area contributed by atoms with Gasteiger partial charge in [-0.25, -0.2) is 0 Å². The van der Waals surface area contributed by atoms with E-state index in [1.54, 1.807) is 25.1 Å². The smallest absolute Gasteiger partial charge is 0.305 e. The average Bonchev–Trinajstić information content (AvgIpc) is 2.44. The van der Waals surface area contributed by atoms with Gasteiger partial charge >= 0.3 is 5.97 Å². The van der Waals surface area contributed by atoms with Crippen LogP contribution in [0.1, 0.15) is 38.2 Å². The first kappa shape index (κ1) is 17.7. The van der Waals surface area contributed by atoms with Gasteiger partial charge in [0.1, 0.15) is 0 Å². The van der Waals surface area contributed by atoms with Crippen LogP contribution in [0.25, 0.3) is 0 Å². The zero-order chi connectivity index (χ0) is 15.7. The number of aryl methyl sites for hydroxylation is 1. The highest BCUT2D eigenvalue weighted by atomic mass is 32.2. The molecular weight excluding hydrogens is 292 g/mol. The summed E-state index contributed by atoms with van der Waals surface area (Å²) in [5.74, 6) is -0.319. The van der Waals surface area contributed by atoms with Crippen LogP contribution in [0.2, 0.25) is 0 Å². The number of carbonyl (C=O) groups excluding carboxylic acids is 1. The van der Waals surface area contributed by atoms with Gasteiger partial charge in [-0.3, -0.25) is 8.98 Å². The molecule has 0 saturated carbocycles. The quantitative estimate of drug-likeness (QED) is 0.398. The number of carbonyl (C=O) groups is 1. The molecule has 0 radical (unpaired) electrons. The van der Waals surface area contributed by atoms with Gasteiger partial charge in [0.25, 0.3) is 10.1 Å². The van der Waals surface area contributed by atoms with Crippen molar-refractivity contribution in [3.63, 3.8) is 0 Å². The van der Waals surface area contributed by atoms with Gasteiger partial charge < -0.3 is 4.74 Å². The molecule has 0 fully saturated rings. The first-order chi connectivity index (χ1) is 9.97. The number of esters is 1. The van der Waals surface area contributed by atoms with Crippen molar-refractivity contribution in [2.75, 3.05) is 13.2 Å². The maximum Gasteiger partial charge on any atom is 0.305 e. The Kier molecular flexibility index (Phi) is 7.39. The van der Waals surface area contributed by atoms with E-state index >= 15 is 0 Å². The predicted molar refractivity (Wildman–Crippen MR) is 79.4 cm³/mol. The van der Waals surface area contributed by atoms with Crippen molar-refractivity contribution in [2.45, 2.75) is 44.4 Å². The van der Waals surface area contributed by atoms with Crippen LogP contribution in [0.3, 0.4) is 0 Å². The van der Waals surface area contributed by atoms with E-state index < -0.39 is 10.1 Å². The zero-order valence-electron chi connectivity index (χ0n) is 12.5. The summed E-state index contributed by atoms with van der Waals surface area (Å²) in [4.78, 5) is 11.5. The second-order valence-electron chi connectivity index (χ2n) is 4.72. The third kappa shape index (κ3) is 6.27. The van der Waals surface area contributed by atoms with Crippen molar-refractivity contribution in [2.24, 2.45) is 0 Å². The topological polar surface area (TPSA) is 69.7 Å². The lowest BCUT2D eigenvalue weighted by Crippen LogP contribution is -2.11. The Morgan fingerprint density at radius 1 is 1.14 bits per heavy atom. The molecule has 0 heterocycles. The van der Waals surface area contributed by atoms with Crippen molar-refractivity contribution >= 4 is 16.1 Å². The zero-order valence-corrected chi connectivity index (χ0v) is 13.3. The number of benzene rings is 1. The Morgan fingerprint density at radius 2 is 1.86 bits per heavy atom. The lowest BCUT2D eigenvalue weighted by atomic mass is 10.2. The normalized spacial score (nSPS) is 11.3. The predicted octanol–water partition coefficient (Wildman–Crippen LogP) is 2.82. The minimum absolute atomic E-state index is 0.0282. The van der Waals surface area contributed by atoms with Gasteiger partial charge in [0, 0.05) is 6.42 Å². The summed E-state index contributed by atoms with van der Waals surface area (Å²) in [5.41, 5.74) is 0.636. The Bertz CT molecular complexity index is 551. The minimum atomic E-state index is -3.76. The summed E-state index contributed by atoms with van der Waals surface area (Å²) in [6.07, 6.45) is 2.28. The Labute approximate surface area is 126 Å². The Morgan fingerprint density at radius 3 is 2.52 bits per heavy atom. The molecule has 0 aliphatic rings. The maximum atomic E-state index is 12.0. The maximum absolute atomic E-state index is 12.0. The van der Waals surface area contributed by atoms with Gasteiger partial charge in [-0.1, -0.05) is 31.5 Å². The summed E-state index contributed by atoms with van der Waals surface area (Å²) >= 11 is 0. The fraction of sp³-hybridized carbons (Fsp3) is 0.533. The molecule has 21 heavy (non-hydrogen) atoms. The SMILES string of the molecule is CCCCOC(=O)CCCOS(=O)(=O)c1ccccc1C. The average molecular weight is 314 g/mol. The van der Waals surface area contributed by atoms with Crippen molar-refractivity contribution < 1.29 is 22.1 Å². The highest BCUT2D eigenvalue weighted by molar-refractivity contribution is 7.86. The molecule has 0 unspecified atom stereocenters. The molecule has 118 valence electrons. The van der Waals surface area contributed by atoms with E-state index in [-0.39, 0.29) is 23.9 Å². The van der Waals surface area contributed by atoms with E-state index in [4.69, 9.17) is 8.92 Å². The molecule has 0 N–H and O–H groups in total. The van der Waals surface area contributed by atoms with Crippen LogP contribution >= 0.6 is 0 Å². The molecule has 0 bridgehead atoms. The summed E-state index contributed by atoms with van der Waals surface area (Å²) in [5, 5.41) is 0. The summed E-state index contributed by atoms with van der Waals surface area (Å²) < 4.78 is 33.9. The Balaban J connectivity index is 2.35. The highest BCUT2D eigenvalue weighted by Crippen LogP contribution is 2.17. The van der Waals surface area contributed by atoms with Gasteiger partial charge in [0.2, 0.25) is 0 Å². The molecule has 1 aromatic carbocycles. The van der Waals surface area contributed by atoms with Gasteiger partial charge in [-0.05, 0) is 31.4 Å². The summed E-state index contributed by atoms with van der Waals surface area (Å²) in [6.45, 7) is 4.11. The number of hydrogen-bond acceptors (Lipinski definition) is 5. The van der Waals surface area contributed by atoms with Crippen LogP contribution in [-0.4, -0.2) is 27.6 Å². The molecule has 0 spiro atoms. The number of unbranched alkanes of at least 4 members (excludes halogenated alkanes) is 1. The van der Waals surface area contributed by atoms with Gasteiger partial charge in [-0.2, -0.15) is 8.42 Å². The van der Waals surface area contributed by atoms with Crippen LogP contribution in [-0.2, 0) is 23.8 Å². The molecule has 1 rings (SSSR count). The molecular formula is C15H22O5S. The summed E-state index contributed by atoms with van der Waals surface area (Å²) in [7, 11) is -3.76. The van der Waals surface area contributed by atoms with E-state index in [9.17, 15) is 13.2 Å². The van der Waals surface area contributed by atoms with Gasteiger partial charge in [0.05, 0.1) is 18.1 Å².